The van der Waals surface area contributed by atoms with Crippen molar-refractivity contribution in [3.63, 3.8) is 0 Å². The Morgan fingerprint density at radius 1 is 1.20 bits per heavy atom. The molecule has 0 aromatic rings. The van der Waals surface area contributed by atoms with Crippen LogP contribution < -0.4 is 5.32 Å². The normalized spacial score (nSPS) is 36.1. The molecule has 3 aliphatic rings. The van der Waals surface area contributed by atoms with E-state index in [4.69, 9.17) is 0 Å². The zero-order valence-electron chi connectivity index (χ0n) is 13.2. The molecule has 0 radical (unpaired) electrons. The van der Waals surface area contributed by atoms with Crippen LogP contribution in [0.3, 0.4) is 0 Å². The van der Waals surface area contributed by atoms with Crippen LogP contribution in [0.15, 0.2) is 0 Å². The minimum atomic E-state index is 0.137. The highest BCUT2D eigenvalue weighted by atomic mass is 16.2. The third-order valence-corrected chi connectivity index (χ3v) is 6.65. The van der Waals surface area contributed by atoms with Crippen molar-refractivity contribution in [1.29, 1.82) is 0 Å². The molecule has 2 aliphatic heterocycles. The SMILES string of the molecule is CCC1(CC)CCN(C(=O)C2NCC3CCCC32)CC1. The number of piperidine rings is 1. The van der Waals surface area contributed by atoms with Gasteiger partial charge in [-0.1, -0.05) is 33.1 Å². The van der Waals surface area contributed by atoms with E-state index in [-0.39, 0.29) is 6.04 Å². The molecule has 1 aliphatic carbocycles. The molecular formula is C17H30N2O. The number of carbonyl (C=O) groups is 1. The van der Waals surface area contributed by atoms with Crippen LogP contribution in [-0.2, 0) is 4.79 Å². The van der Waals surface area contributed by atoms with Gasteiger partial charge in [0, 0.05) is 13.1 Å². The molecule has 3 atom stereocenters. The highest BCUT2D eigenvalue weighted by Gasteiger charge is 2.44. The summed E-state index contributed by atoms with van der Waals surface area (Å²) in [5, 5.41) is 3.51. The minimum Gasteiger partial charge on any atom is -0.341 e. The topological polar surface area (TPSA) is 32.3 Å². The van der Waals surface area contributed by atoms with Gasteiger partial charge in [-0.15, -0.1) is 0 Å². The molecule has 3 fully saturated rings. The van der Waals surface area contributed by atoms with E-state index in [1.54, 1.807) is 0 Å². The largest absolute Gasteiger partial charge is 0.341 e. The van der Waals surface area contributed by atoms with E-state index >= 15 is 0 Å². The summed E-state index contributed by atoms with van der Waals surface area (Å²) < 4.78 is 0. The summed E-state index contributed by atoms with van der Waals surface area (Å²) in [4.78, 5) is 14.9. The highest BCUT2D eigenvalue weighted by Crippen LogP contribution is 2.40. The molecule has 3 unspecified atom stereocenters. The van der Waals surface area contributed by atoms with E-state index in [2.05, 4.69) is 24.1 Å². The second-order valence-corrected chi connectivity index (χ2v) is 7.27. The first-order chi connectivity index (χ1) is 9.69. The van der Waals surface area contributed by atoms with Crippen LogP contribution >= 0.6 is 0 Å². The lowest BCUT2D eigenvalue weighted by Gasteiger charge is -2.42. The Morgan fingerprint density at radius 2 is 1.90 bits per heavy atom. The quantitative estimate of drug-likeness (QED) is 0.861. The lowest BCUT2D eigenvalue weighted by Crippen LogP contribution is -2.50. The Balaban J connectivity index is 1.59. The lowest BCUT2D eigenvalue weighted by molar-refractivity contribution is -0.136. The van der Waals surface area contributed by atoms with Crippen molar-refractivity contribution < 1.29 is 4.79 Å². The average molecular weight is 278 g/mol. The van der Waals surface area contributed by atoms with E-state index in [9.17, 15) is 4.79 Å². The van der Waals surface area contributed by atoms with Crippen molar-refractivity contribution in [3.8, 4) is 0 Å². The van der Waals surface area contributed by atoms with Gasteiger partial charge in [0.1, 0.15) is 0 Å². The van der Waals surface area contributed by atoms with E-state index in [0.29, 0.717) is 17.2 Å². The summed E-state index contributed by atoms with van der Waals surface area (Å²) in [6.45, 7) is 7.65. The van der Waals surface area contributed by atoms with Gasteiger partial charge in [0.2, 0.25) is 5.91 Å². The van der Waals surface area contributed by atoms with Crippen LogP contribution in [0.2, 0.25) is 0 Å². The number of likely N-dealkylation sites (tertiary alicyclic amines) is 1. The molecule has 2 heterocycles. The van der Waals surface area contributed by atoms with Crippen LogP contribution in [0.5, 0.6) is 0 Å². The monoisotopic (exact) mass is 278 g/mol. The van der Waals surface area contributed by atoms with E-state index in [1.165, 1.54) is 44.9 Å². The first-order valence-corrected chi connectivity index (χ1v) is 8.71. The predicted molar refractivity (Wildman–Crippen MR) is 81.5 cm³/mol. The standard InChI is InChI=1S/C17H30N2O/c1-3-17(4-2)8-10-19(11-9-17)16(20)15-14-7-5-6-13(14)12-18-15/h13-15,18H,3-12H2,1-2H3. The Bertz CT molecular complexity index is 354. The third kappa shape index (κ3) is 2.38. The van der Waals surface area contributed by atoms with Gasteiger partial charge in [0.25, 0.3) is 0 Å². The maximum absolute atomic E-state index is 12.8. The summed E-state index contributed by atoms with van der Waals surface area (Å²) in [6.07, 6.45) is 8.84. The first-order valence-electron chi connectivity index (χ1n) is 8.71. The van der Waals surface area contributed by atoms with Crippen LogP contribution in [0.4, 0.5) is 0 Å². The second-order valence-electron chi connectivity index (χ2n) is 7.27. The first kappa shape index (κ1) is 14.4. The van der Waals surface area contributed by atoms with E-state index in [1.807, 2.05) is 0 Å². The number of carbonyl (C=O) groups excluding carboxylic acids is 1. The number of fused-ring (bicyclic) bond motifs is 1. The summed E-state index contributed by atoms with van der Waals surface area (Å²) in [6, 6.07) is 0.137. The van der Waals surface area contributed by atoms with Crippen LogP contribution in [0, 0.1) is 17.3 Å². The number of amides is 1. The molecule has 0 bridgehead atoms. The Kier molecular flexibility index (Phi) is 4.07. The van der Waals surface area contributed by atoms with Gasteiger partial charge in [-0.05, 0) is 49.5 Å². The highest BCUT2D eigenvalue weighted by molar-refractivity contribution is 5.82. The molecule has 114 valence electrons. The van der Waals surface area contributed by atoms with Gasteiger partial charge >= 0.3 is 0 Å². The van der Waals surface area contributed by atoms with Crippen molar-refractivity contribution in [2.75, 3.05) is 19.6 Å². The maximum Gasteiger partial charge on any atom is 0.240 e. The van der Waals surface area contributed by atoms with Gasteiger partial charge in [0.05, 0.1) is 6.04 Å². The molecule has 0 aromatic carbocycles. The van der Waals surface area contributed by atoms with Gasteiger partial charge in [0.15, 0.2) is 0 Å². The summed E-state index contributed by atoms with van der Waals surface area (Å²) >= 11 is 0. The number of hydrogen-bond acceptors (Lipinski definition) is 2. The molecule has 1 N–H and O–H groups in total. The molecular weight excluding hydrogens is 248 g/mol. The number of nitrogens with zero attached hydrogens (tertiary/aromatic N) is 1. The molecule has 3 heteroatoms. The molecule has 0 spiro atoms. The fourth-order valence-corrected chi connectivity index (χ4v) is 4.81. The maximum atomic E-state index is 12.8. The smallest absolute Gasteiger partial charge is 0.240 e. The molecule has 3 nitrogen and oxygen atoms in total. The molecule has 2 saturated heterocycles. The van der Waals surface area contributed by atoms with Crippen molar-refractivity contribution in [3.05, 3.63) is 0 Å². The van der Waals surface area contributed by atoms with Crippen molar-refractivity contribution in [2.45, 2.75) is 64.8 Å². The molecule has 1 amide bonds. The molecule has 20 heavy (non-hydrogen) atoms. The number of nitrogens with one attached hydrogen (secondary N) is 1. The van der Waals surface area contributed by atoms with Crippen molar-refractivity contribution >= 4 is 5.91 Å². The Morgan fingerprint density at radius 3 is 2.55 bits per heavy atom. The van der Waals surface area contributed by atoms with Crippen LogP contribution in [0.25, 0.3) is 0 Å². The number of rotatable bonds is 3. The number of hydrogen-bond donors (Lipinski definition) is 1. The fourth-order valence-electron chi connectivity index (χ4n) is 4.81. The second kappa shape index (κ2) is 5.67. The van der Waals surface area contributed by atoms with Gasteiger partial charge < -0.3 is 10.2 Å². The van der Waals surface area contributed by atoms with Crippen LogP contribution in [-0.4, -0.2) is 36.5 Å². The van der Waals surface area contributed by atoms with Gasteiger partial charge in [-0.25, -0.2) is 0 Å². The zero-order valence-corrected chi connectivity index (χ0v) is 13.2. The van der Waals surface area contributed by atoms with Crippen molar-refractivity contribution in [1.82, 2.24) is 10.2 Å². The van der Waals surface area contributed by atoms with E-state index in [0.717, 1.165) is 25.6 Å². The van der Waals surface area contributed by atoms with Crippen LogP contribution in [0.1, 0.15) is 58.8 Å². The zero-order chi connectivity index (χ0) is 14.2. The summed E-state index contributed by atoms with van der Waals surface area (Å²) in [7, 11) is 0. The van der Waals surface area contributed by atoms with Crippen molar-refractivity contribution in [2.24, 2.45) is 17.3 Å². The minimum absolute atomic E-state index is 0.137. The molecule has 1 saturated carbocycles. The predicted octanol–water partition coefficient (Wildman–Crippen LogP) is 2.80. The van der Waals surface area contributed by atoms with Gasteiger partial charge in [-0.3, -0.25) is 4.79 Å². The summed E-state index contributed by atoms with van der Waals surface area (Å²) in [5.41, 5.74) is 0.510. The lowest BCUT2D eigenvalue weighted by atomic mass is 9.74. The molecule has 0 aromatic heterocycles. The Labute approximate surface area is 123 Å². The third-order valence-electron chi connectivity index (χ3n) is 6.65. The van der Waals surface area contributed by atoms with E-state index < -0.39 is 0 Å². The summed E-state index contributed by atoms with van der Waals surface area (Å²) in [5.74, 6) is 1.81. The molecule has 3 rings (SSSR count). The van der Waals surface area contributed by atoms with Gasteiger partial charge in [-0.2, -0.15) is 0 Å². The fraction of sp³-hybridized carbons (Fsp3) is 0.941. The Hall–Kier alpha value is -0.570. The average Bonchev–Trinajstić information content (AvgIpc) is 3.09.